The molecule has 0 saturated heterocycles. The first-order chi connectivity index (χ1) is 6.72. The van der Waals surface area contributed by atoms with Crippen LogP contribution in [0.5, 0.6) is 5.75 Å². The molecule has 1 aromatic carbocycles. The second-order valence-electron chi connectivity index (χ2n) is 3.08. The minimum absolute atomic E-state index is 0.0711. The largest absolute Gasteiger partial charge is 0.496 e. The summed E-state index contributed by atoms with van der Waals surface area (Å²) in [5, 5.41) is 8.75. The number of methoxy groups -OCH3 is 1. The van der Waals surface area contributed by atoms with Crippen molar-refractivity contribution in [3.63, 3.8) is 0 Å². The van der Waals surface area contributed by atoms with Crippen molar-refractivity contribution in [1.82, 2.24) is 0 Å². The normalized spacial score (nSPS) is 11.9. The van der Waals surface area contributed by atoms with E-state index in [0.717, 1.165) is 17.7 Å². The Morgan fingerprint density at radius 3 is 2.79 bits per heavy atom. The standard InChI is InChI=1S/C11H14N2O/c1-3-10(13)9-6-8(7-12)4-5-11(9)14-2/h4-6,10H,3,13H2,1-2H3/t10-/m1/s1. The van der Waals surface area contributed by atoms with Gasteiger partial charge in [-0.2, -0.15) is 5.26 Å². The van der Waals surface area contributed by atoms with Gasteiger partial charge in [0.1, 0.15) is 5.75 Å². The van der Waals surface area contributed by atoms with Crippen molar-refractivity contribution in [2.24, 2.45) is 5.73 Å². The van der Waals surface area contributed by atoms with Crippen molar-refractivity contribution < 1.29 is 4.74 Å². The molecule has 1 aromatic rings. The quantitative estimate of drug-likeness (QED) is 0.792. The number of nitriles is 1. The lowest BCUT2D eigenvalue weighted by Crippen LogP contribution is -2.10. The Bertz CT molecular complexity index is 355. The molecule has 0 radical (unpaired) electrons. The van der Waals surface area contributed by atoms with Gasteiger partial charge in [-0.25, -0.2) is 0 Å². The Hall–Kier alpha value is -1.53. The second-order valence-corrected chi connectivity index (χ2v) is 3.08. The molecule has 3 heteroatoms. The van der Waals surface area contributed by atoms with Crippen molar-refractivity contribution in [2.75, 3.05) is 7.11 Å². The molecule has 0 bridgehead atoms. The molecule has 0 aliphatic carbocycles. The molecule has 0 saturated carbocycles. The summed E-state index contributed by atoms with van der Waals surface area (Å²) in [6.45, 7) is 2.00. The van der Waals surface area contributed by atoms with Crippen LogP contribution < -0.4 is 10.5 Å². The molecule has 2 N–H and O–H groups in total. The average Bonchev–Trinajstić information content (AvgIpc) is 2.27. The lowest BCUT2D eigenvalue weighted by Gasteiger charge is -2.13. The lowest BCUT2D eigenvalue weighted by atomic mass is 10.0. The molecule has 1 atom stereocenters. The Kier molecular flexibility index (Phi) is 3.49. The molecule has 0 unspecified atom stereocenters. The van der Waals surface area contributed by atoms with E-state index in [4.69, 9.17) is 15.7 Å². The van der Waals surface area contributed by atoms with Gasteiger partial charge in [-0.05, 0) is 24.6 Å². The SMILES string of the molecule is CC[C@@H](N)c1cc(C#N)ccc1OC. The number of hydrogen-bond acceptors (Lipinski definition) is 3. The molecular formula is C11H14N2O. The van der Waals surface area contributed by atoms with Crippen molar-refractivity contribution in [2.45, 2.75) is 19.4 Å². The van der Waals surface area contributed by atoms with Crippen LogP contribution in [-0.4, -0.2) is 7.11 Å². The molecule has 0 fully saturated rings. The summed E-state index contributed by atoms with van der Waals surface area (Å²) in [6.07, 6.45) is 0.825. The van der Waals surface area contributed by atoms with Gasteiger partial charge in [-0.3, -0.25) is 0 Å². The van der Waals surface area contributed by atoms with Crippen LogP contribution in [0.25, 0.3) is 0 Å². The first kappa shape index (κ1) is 10.6. The summed E-state index contributed by atoms with van der Waals surface area (Å²) in [7, 11) is 1.60. The molecule has 0 heterocycles. The maximum Gasteiger partial charge on any atom is 0.123 e. The lowest BCUT2D eigenvalue weighted by molar-refractivity contribution is 0.405. The molecule has 3 nitrogen and oxygen atoms in total. The third-order valence-corrected chi connectivity index (χ3v) is 2.20. The van der Waals surface area contributed by atoms with E-state index in [-0.39, 0.29) is 6.04 Å². The van der Waals surface area contributed by atoms with E-state index in [2.05, 4.69) is 6.07 Å². The molecule has 0 spiro atoms. The molecule has 14 heavy (non-hydrogen) atoms. The summed E-state index contributed by atoms with van der Waals surface area (Å²) < 4.78 is 5.18. The Morgan fingerprint density at radius 2 is 2.29 bits per heavy atom. The van der Waals surface area contributed by atoms with Gasteiger partial charge in [0.05, 0.1) is 18.7 Å². The van der Waals surface area contributed by atoms with Crippen LogP contribution >= 0.6 is 0 Å². The van der Waals surface area contributed by atoms with E-state index in [1.165, 1.54) is 0 Å². The van der Waals surface area contributed by atoms with Crippen LogP contribution in [0.3, 0.4) is 0 Å². The van der Waals surface area contributed by atoms with Crippen LogP contribution in [0.4, 0.5) is 0 Å². The zero-order valence-electron chi connectivity index (χ0n) is 8.45. The number of nitrogens with zero attached hydrogens (tertiary/aromatic N) is 1. The van der Waals surface area contributed by atoms with Crippen molar-refractivity contribution in [3.05, 3.63) is 29.3 Å². The predicted molar refractivity (Wildman–Crippen MR) is 54.9 cm³/mol. The number of ether oxygens (including phenoxy) is 1. The average molecular weight is 190 g/mol. The maximum atomic E-state index is 8.75. The van der Waals surface area contributed by atoms with Gasteiger partial charge in [-0.15, -0.1) is 0 Å². The van der Waals surface area contributed by atoms with Gasteiger partial charge in [0.2, 0.25) is 0 Å². The fourth-order valence-corrected chi connectivity index (χ4v) is 1.31. The van der Waals surface area contributed by atoms with E-state index in [9.17, 15) is 0 Å². The number of benzene rings is 1. The third-order valence-electron chi connectivity index (χ3n) is 2.20. The Balaban J connectivity index is 3.16. The highest BCUT2D eigenvalue weighted by Gasteiger charge is 2.10. The van der Waals surface area contributed by atoms with Gasteiger partial charge in [0, 0.05) is 11.6 Å². The van der Waals surface area contributed by atoms with Crippen molar-refractivity contribution in [3.8, 4) is 11.8 Å². The Morgan fingerprint density at radius 1 is 1.57 bits per heavy atom. The monoisotopic (exact) mass is 190 g/mol. The van der Waals surface area contributed by atoms with E-state index in [1.54, 1.807) is 25.3 Å². The van der Waals surface area contributed by atoms with Gasteiger partial charge in [-0.1, -0.05) is 6.92 Å². The van der Waals surface area contributed by atoms with Gasteiger partial charge >= 0.3 is 0 Å². The van der Waals surface area contributed by atoms with E-state index < -0.39 is 0 Å². The van der Waals surface area contributed by atoms with Crippen LogP contribution in [0.15, 0.2) is 18.2 Å². The van der Waals surface area contributed by atoms with Crippen LogP contribution in [0.2, 0.25) is 0 Å². The minimum Gasteiger partial charge on any atom is -0.496 e. The van der Waals surface area contributed by atoms with E-state index >= 15 is 0 Å². The highest BCUT2D eigenvalue weighted by Crippen LogP contribution is 2.26. The number of hydrogen-bond donors (Lipinski definition) is 1. The molecule has 0 aliphatic heterocycles. The molecule has 74 valence electrons. The smallest absolute Gasteiger partial charge is 0.123 e. The first-order valence-electron chi connectivity index (χ1n) is 4.56. The topological polar surface area (TPSA) is 59.0 Å². The van der Waals surface area contributed by atoms with E-state index in [0.29, 0.717) is 5.56 Å². The first-order valence-corrected chi connectivity index (χ1v) is 4.56. The fraction of sp³-hybridized carbons (Fsp3) is 0.364. The molecular weight excluding hydrogens is 176 g/mol. The predicted octanol–water partition coefficient (Wildman–Crippen LogP) is 1.98. The van der Waals surface area contributed by atoms with Crippen LogP contribution in [0.1, 0.15) is 30.5 Å². The molecule has 0 aromatic heterocycles. The van der Waals surface area contributed by atoms with E-state index in [1.807, 2.05) is 6.92 Å². The summed E-state index contributed by atoms with van der Waals surface area (Å²) in [4.78, 5) is 0. The van der Waals surface area contributed by atoms with Crippen LogP contribution in [0, 0.1) is 11.3 Å². The van der Waals surface area contributed by atoms with Gasteiger partial charge in [0.25, 0.3) is 0 Å². The maximum absolute atomic E-state index is 8.75. The second kappa shape index (κ2) is 4.64. The molecule has 1 rings (SSSR count). The van der Waals surface area contributed by atoms with Gasteiger partial charge < -0.3 is 10.5 Å². The third kappa shape index (κ3) is 2.04. The van der Waals surface area contributed by atoms with Crippen molar-refractivity contribution >= 4 is 0 Å². The molecule has 0 amide bonds. The molecule has 0 aliphatic rings. The summed E-state index contributed by atoms with van der Waals surface area (Å²) in [5.41, 5.74) is 7.42. The van der Waals surface area contributed by atoms with Crippen LogP contribution in [-0.2, 0) is 0 Å². The van der Waals surface area contributed by atoms with Crippen molar-refractivity contribution in [1.29, 1.82) is 5.26 Å². The highest BCUT2D eigenvalue weighted by molar-refractivity contribution is 5.43. The summed E-state index contributed by atoms with van der Waals surface area (Å²) >= 11 is 0. The zero-order valence-corrected chi connectivity index (χ0v) is 8.45. The minimum atomic E-state index is -0.0711. The summed E-state index contributed by atoms with van der Waals surface area (Å²) in [5.74, 6) is 0.748. The number of rotatable bonds is 3. The zero-order chi connectivity index (χ0) is 10.6. The van der Waals surface area contributed by atoms with Gasteiger partial charge in [0.15, 0.2) is 0 Å². The highest BCUT2D eigenvalue weighted by atomic mass is 16.5. The summed E-state index contributed by atoms with van der Waals surface area (Å²) in [6, 6.07) is 7.31. The fourth-order valence-electron chi connectivity index (χ4n) is 1.31. The Labute approximate surface area is 84.1 Å². The number of nitrogens with two attached hydrogens (primary N) is 1.